The molecular weight excluding hydrogens is 316 g/mol. The maximum absolute atomic E-state index is 12.6. The maximum atomic E-state index is 12.6. The Morgan fingerprint density at radius 2 is 2.00 bits per heavy atom. The van der Waals surface area contributed by atoms with E-state index in [0.717, 1.165) is 6.42 Å². The fourth-order valence-electron chi connectivity index (χ4n) is 3.23. The fourth-order valence-corrected chi connectivity index (χ4v) is 3.23. The fraction of sp³-hybridized carbons (Fsp3) is 0.400. The van der Waals surface area contributed by atoms with Crippen LogP contribution in [0.25, 0.3) is 0 Å². The SMILES string of the molecule is CCOc1cccc(CC(=O)N2C[C@H](Cc3ccccc3)[C@@H](O)C2)n1. The summed E-state index contributed by atoms with van der Waals surface area (Å²) in [4.78, 5) is 18.7. The molecular formula is C20H24N2O3. The van der Waals surface area contributed by atoms with Gasteiger partial charge in [-0.3, -0.25) is 4.79 Å². The molecule has 2 atom stereocenters. The molecule has 5 nitrogen and oxygen atoms in total. The van der Waals surface area contributed by atoms with Crippen LogP contribution in [0, 0.1) is 5.92 Å². The summed E-state index contributed by atoms with van der Waals surface area (Å²) < 4.78 is 5.38. The van der Waals surface area contributed by atoms with Crippen LogP contribution in [0.1, 0.15) is 18.2 Å². The Balaban J connectivity index is 1.59. The number of carbonyl (C=O) groups is 1. The average Bonchev–Trinajstić information content (AvgIpc) is 2.97. The third-order valence-electron chi connectivity index (χ3n) is 4.51. The van der Waals surface area contributed by atoms with Crippen LogP contribution in [-0.2, 0) is 17.6 Å². The number of hydrogen-bond donors (Lipinski definition) is 1. The van der Waals surface area contributed by atoms with Gasteiger partial charge in [0, 0.05) is 25.1 Å². The number of aliphatic hydroxyl groups excluding tert-OH is 1. The van der Waals surface area contributed by atoms with Crippen molar-refractivity contribution in [3.05, 3.63) is 59.8 Å². The summed E-state index contributed by atoms with van der Waals surface area (Å²) in [5.41, 5.74) is 1.88. The Morgan fingerprint density at radius 1 is 1.20 bits per heavy atom. The van der Waals surface area contributed by atoms with Crippen molar-refractivity contribution in [1.29, 1.82) is 0 Å². The third-order valence-corrected chi connectivity index (χ3v) is 4.51. The largest absolute Gasteiger partial charge is 0.478 e. The van der Waals surface area contributed by atoms with Gasteiger partial charge < -0.3 is 14.7 Å². The second-order valence-electron chi connectivity index (χ2n) is 6.39. The second-order valence-corrected chi connectivity index (χ2v) is 6.39. The summed E-state index contributed by atoms with van der Waals surface area (Å²) in [7, 11) is 0. The van der Waals surface area contributed by atoms with Crippen LogP contribution >= 0.6 is 0 Å². The highest BCUT2D eigenvalue weighted by Crippen LogP contribution is 2.22. The molecule has 132 valence electrons. The molecule has 1 fully saturated rings. The molecule has 1 amide bonds. The van der Waals surface area contributed by atoms with Crippen LogP contribution in [0.4, 0.5) is 0 Å². The second kappa shape index (κ2) is 8.12. The molecule has 1 saturated heterocycles. The van der Waals surface area contributed by atoms with Gasteiger partial charge in [0.15, 0.2) is 0 Å². The number of carbonyl (C=O) groups excluding carboxylic acids is 1. The molecule has 2 aromatic rings. The van der Waals surface area contributed by atoms with Gasteiger partial charge in [-0.05, 0) is 25.0 Å². The van der Waals surface area contributed by atoms with E-state index in [2.05, 4.69) is 17.1 Å². The number of pyridine rings is 1. The summed E-state index contributed by atoms with van der Waals surface area (Å²) in [5.74, 6) is 0.612. The quantitative estimate of drug-likeness (QED) is 0.875. The van der Waals surface area contributed by atoms with Gasteiger partial charge in [-0.15, -0.1) is 0 Å². The van der Waals surface area contributed by atoms with Gasteiger partial charge >= 0.3 is 0 Å². The van der Waals surface area contributed by atoms with Gasteiger partial charge in [0.2, 0.25) is 11.8 Å². The van der Waals surface area contributed by atoms with Gasteiger partial charge in [0.05, 0.1) is 24.8 Å². The Bertz CT molecular complexity index is 705. The Kier molecular flexibility index (Phi) is 5.66. The van der Waals surface area contributed by atoms with Crippen LogP contribution in [0.15, 0.2) is 48.5 Å². The third kappa shape index (κ3) is 4.57. The van der Waals surface area contributed by atoms with Crippen molar-refractivity contribution in [2.24, 2.45) is 5.92 Å². The summed E-state index contributed by atoms with van der Waals surface area (Å²) in [6.07, 6.45) is 0.530. The van der Waals surface area contributed by atoms with E-state index in [1.54, 1.807) is 11.0 Å². The lowest BCUT2D eigenvalue weighted by atomic mass is 9.97. The van der Waals surface area contributed by atoms with Gasteiger partial charge in [-0.1, -0.05) is 36.4 Å². The van der Waals surface area contributed by atoms with Crippen molar-refractivity contribution in [2.75, 3.05) is 19.7 Å². The van der Waals surface area contributed by atoms with E-state index in [0.29, 0.717) is 31.3 Å². The van der Waals surface area contributed by atoms with Gasteiger partial charge in [-0.25, -0.2) is 4.98 Å². The van der Waals surface area contributed by atoms with E-state index in [-0.39, 0.29) is 18.2 Å². The number of ether oxygens (including phenoxy) is 1. The summed E-state index contributed by atoms with van der Waals surface area (Å²) in [6, 6.07) is 15.5. The average molecular weight is 340 g/mol. The summed E-state index contributed by atoms with van der Waals surface area (Å²) >= 11 is 0. The topological polar surface area (TPSA) is 62.7 Å². The summed E-state index contributed by atoms with van der Waals surface area (Å²) in [5, 5.41) is 10.3. The van der Waals surface area contributed by atoms with Crippen molar-refractivity contribution in [3.63, 3.8) is 0 Å². The molecule has 2 heterocycles. The lowest BCUT2D eigenvalue weighted by molar-refractivity contribution is -0.129. The molecule has 1 aromatic carbocycles. The van der Waals surface area contributed by atoms with E-state index < -0.39 is 6.10 Å². The van der Waals surface area contributed by atoms with Crippen LogP contribution < -0.4 is 4.74 Å². The van der Waals surface area contributed by atoms with Crippen molar-refractivity contribution in [2.45, 2.75) is 25.9 Å². The molecule has 3 rings (SSSR count). The van der Waals surface area contributed by atoms with Gasteiger partial charge in [0.1, 0.15) is 0 Å². The predicted octanol–water partition coefficient (Wildman–Crippen LogP) is 2.08. The van der Waals surface area contributed by atoms with E-state index in [4.69, 9.17) is 4.74 Å². The van der Waals surface area contributed by atoms with E-state index >= 15 is 0 Å². The molecule has 0 unspecified atom stereocenters. The Morgan fingerprint density at radius 3 is 2.76 bits per heavy atom. The first-order chi connectivity index (χ1) is 12.2. The zero-order chi connectivity index (χ0) is 17.6. The van der Waals surface area contributed by atoms with Crippen molar-refractivity contribution in [3.8, 4) is 5.88 Å². The van der Waals surface area contributed by atoms with E-state index in [1.807, 2.05) is 37.3 Å². The maximum Gasteiger partial charge on any atom is 0.228 e. The molecule has 0 aliphatic carbocycles. The van der Waals surface area contributed by atoms with E-state index in [1.165, 1.54) is 5.56 Å². The van der Waals surface area contributed by atoms with Crippen LogP contribution in [-0.4, -0.2) is 46.7 Å². The number of hydrogen-bond acceptors (Lipinski definition) is 4. The minimum absolute atomic E-state index is 0.00393. The highest BCUT2D eigenvalue weighted by molar-refractivity contribution is 5.78. The molecule has 1 aliphatic heterocycles. The molecule has 0 spiro atoms. The number of likely N-dealkylation sites (tertiary alicyclic amines) is 1. The monoisotopic (exact) mass is 340 g/mol. The zero-order valence-electron chi connectivity index (χ0n) is 14.5. The highest BCUT2D eigenvalue weighted by atomic mass is 16.5. The van der Waals surface area contributed by atoms with Crippen LogP contribution in [0.3, 0.4) is 0 Å². The zero-order valence-corrected chi connectivity index (χ0v) is 14.5. The number of aliphatic hydroxyl groups is 1. The summed E-state index contributed by atoms with van der Waals surface area (Å²) in [6.45, 7) is 3.42. The Hall–Kier alpha value is -2.40. The number of β-amino-alcohol motifs (C(OH)–C–C–N with tert-alkyl or cyclic N) is 1. The Labute approximate surface area is 148 Å². The van der Waals surface area contributed by atoms with E-state index in [9.17, 15) is 9.90 Å². The molecule has 1 N–H and O–H groups in total. The molecule has 1 aromatic heterocycles. The first-order valence-corrected chi connectivity index (χ1v) is 8.74. The van der Waals surface area contributed by atoms with Crippen molar-refractivity contribution in [1.82, 2.24) is 9.88 Å². The predicted molar refractivity (Wildman–Crippen MR) is 95.3 cm³/mol. The number of benzene rings is 1. The number of nitrogens with zero attached hydrogens (tertiary/aromatic N) is 2. The smallest absolute Gasteiger partial charge is 0.228 e. The lowest BCUT2D eigenvalue weighted by Crippen LogP contribution is -2.31. The minimum atomic E-state index is -0.480. The number of amides is 1. The molecule has 1 aliphatic rings. The van der Waals surface area contributed by atoms with Crippen molar-refractivity contribution < 1.29 is 14.6 Å². The standard InChI is InChI=1S/C20H24N2O3/c1-2-25-19-10-6-9-17(21-19)12-20(24)22-13-16(18(23)14-22)11-15-7-4-3-5-8-15/h3-10,16,18,23H,2,11-14H2,1H3/t16-,18-/m0/s1. The minimum Gasteiger partial charge on any atom is -0.478 e. The molecule has 0 bridgehead atoms. The number of aromatic nitrogens is 1. The number of rotatable bonds is 6. The molecule has 5 heteroatoms. The molecule has 0 saturated carbocycles. The first-order valence-electron chi connectivity index (χ1n) is 8.74. The lowest BCUT2D eigenvalue weighted by Gasteiger charge is -2.16. The van der Waals surface area contributed by atoms with Gasteiger partial charge in [-0.2, -0.15) is 0 Å². The van der Waals surface area contributed by atoms with Crippen LogP contribution in [0.5, 0.6) is 5.88 Å². The highest BCUT2D eigenvalue weighted by Gasteiger charge is 2.33. The normalized spacial score (nSPS) is 19.8. The van der Waals surface area contributed by atoms with Crippen LogP contribution in [0.2, 0.25) is 0 Å². The van der Waals surface area contributed by atoms with Crippen molar-refractivity contribution >= 4 is 5.91 Å². The molecule has 25 heavy (non-hydrogen) atoms. The molecule has 0 radical (unpaired) electrons. The first kappa shape index (κ1) is 17.4. The van der Waals surface area contributed by atoms with Gasteiger partial charge in [0.25, 0.3) is 0 Å².